The highest BCUT2D eigenvalue weighted by Crippen LogP contribution is 2.39. The first-order chi connectivity index (χ1) is 22.1. The highest BCUT2D eigenvalue weighted by Gasteiger charge is 2.51. The van der Waals surface area contributed by atoms with Gasteiger partial charge in [0.2, 0.25) is 11.9 Å². The lowest BCUT2D eigenvalue weighted by molar-refractivity contribution is -0.136. The van der Waals surface area contributed by atoms with Gasteiger partial charge in [-0.15, -0.1) is 0 Å². The molecule has 5 rings (SSSR count). The van der Waals surface area contributed by atoms with Gasteiger partial charge in [0.25, 0.3) is 0 Å². The molecule has 3 fully saturated rings. The van der Waals surface area contributed by atoms with Crippen LogP contribution < -0.4 is 9.64 Å². The van der Waals surface area contributed by atoms with Crippen molar-refractivity contribution in [2.24, 2.45) is 5.92 Å². The number of halogens is 2. The number of rotatable bonds is 14. The summed E-state index contributed by atoms with van der Waals surface area (Å²) in [6, 6.07) is 4.63. The summed E-state index contributed by atoms with van der Waals surface area (Å²) >= 11 is 5.88. The maximum absolute atomic E-state index is 15.0. The van der Waals surface area contributed by atoms with Crippen LogP contribution in [0.1, 0.15) is 44.1 Å². The summed E-state index contributed by atoms with van der Waals surface area (Å²) in [5, 5.41) is 49.6. The first-order valence-electron chi connectivity index (χ1n) is 16.1. The van der Waals surface area contributed by atoms with Crippen molar-refractivity contribution in [1.29, 1.82) is 0 Å². The standard InChI is InChI=1S/C32H45ClFN5O7/c33-23-16-35-31(36-17-23)37-9-5-21(6-10-37)2-1-13-46-24-4-3-22(25(34)15-24)14-28(43)38-11-7-32(20-38)8-12-39(32)18-26(41)29(44)30(45)27(42)19-40/h3-4,15-17,21,26-27,29-30,40-42,44-45H,1-2,5-14,18-20H2/t26-,27+,29+,30+,32?/m0/s1. The van der Waals surface area contributed by atoms with E-state index in [1.807, 2.05) is 4.90 Å². The van der Waals surface area contributed by atoms with Crippen LogP contribution in [0.4, 0.5) is 10.3 Å². The van der Waals surface area contributed by atoms with Crippen molar-refractivity contribution >= 4 is 23.5 Å². The Morgan fingerprint density at radius 1 is 1.04 bits per heavy atom. The van der Waals surface area contributed by atoms with Gasteiger partial charge in [-0.1, -0.05) is 17.7 Å². The van der Waals surface area contributed by atoms with E-state index in [2.05, 4.69) is 14.9 Å². The SMILES string of the molecule is O=C(Cc1ccc(OCCCC2CCN(c3ncc(Cl)cn3)CC2)cc1F)N1CCC2(CCN2C[C@H](O)[C@@H](O)[C@H](O)[C@H](O)CO)C1. The van der Waals surface area contributed by atoms with E-state index < -0.39 is 36.8 Å². The first-order valence-corrected chi connectivity index (χ1v) is 16.5. The summed E-state index contributed by atoms with van der Waals surface area (Å²) in [4.78, 5) is 27.6. The number of carbonyl (C=O) groups excluding carboxylic acids is 1. The Morgan fingerprint density at radius 3 is 2.39 bits per heavy atom. The molecule has 2 aromatic rings. The minimum Gasteiger partial charge on any atom is -0.493 e. The summed E-state index contributed by atoms with van der Waals surface area (Å²) in [5.41, 5.74) is -0.0508. The van der Waals surface area contributed by atoms with Crippen LogP contribution in [0, 0.1) is 11.7 Å². The molecule has 1 aromatic heterocycles. The molecular formula is C32H45ClFN5O7. The largest absolute Gasteiger partial charge is 0.493 e. The number of piperidine rings is 1. The van der Waals surface area contributed by atoms with E-state index in [4.69, 9.17) is 21.4 Å². The second kappa shape index (κ2) is 15.5. The molecule has 0 aliphatic carbocycles. The summed E-state index contributed by atoms with van der Waals surface area (Å²) in [6.07, 6.45) is 2.38. The fourth-order valence-corrected chi connectivity index (χ4v) is 6.89. The van der Waals surface area contributed by atoms with E-state index in [0.717, 1.165) is 45.2 Å². The predicted octanol–water partition coefficient (Wildman–Crippen LogP) is 1.000. The van der Waals surface area contributed by atoms with Gasteiger partial charge in [0.05, 0.1) is 43.2 Å². The number of hydrogen-bond acceptors (Lipinski definition) is 11. The predicted molar refractivity (Wildman–Crippen MR) is 168 cm³/mol. The normalized spacial score (nSPS) is 23.3. The second-order valence-electron chi connectivity index (χ2n) is 12.8. The lowest BCUT2D eigenvalue weighted by Crippen LogP contribution is -2.64. The Hall–Kier alpha value is -2.65. The first kappa shape index (κ1) is 34.7. The van der Waals surface area contributed by atoms with Gasteiger partial charge in [-0.2, -0.15) is 0 Å². The third kappa shape index (κ3) is 8.25. The molecule has 1 amide bonds. The van der Waals surface area contributed by atoms with Gasteiger partial charge in [-0.3, -0.25) is 9.69 Å². The average Bonchev–Trinajstić information content (AvgIpc) is 3.54. The van der Waals surface area contributed by atoms with Crippen LogP contribution in [-0.4, -0.2) is 134 Å². The highest BCUT2D eigenvalue weighted by molar-refractivity contribution is 6.30. The summed E-state index contributed by atoms with van der Waals surface area (Å²) in [6.45, 7) is 3.15. The van der Waals surface area contributed by atoms with Crippen LogP contribution in [0.15, 0.2) is 30.6 Å². The van der Waals surface area contributed by atoms with E-state index >= 15 is 0 Å². The Kier molecular flexibility index (Phi) is 11.7. The Balaban J connectivity index is 1.02. The Labute approximate surface area is 273 Å². The highest BCUT2D eigenvalue weighted by atomic mass is 35.5. The summed E-state index contributed by atoms with van der Waals surface area (Å²) in [7, 11) is 0. The number of aromatic nitrogens is 2. The molecule has 3 saturated heterocycles. The Morgan fingerprint density at radius 2 is 1.74 bits per heavy atom. The lowest BCUT2D eigenvalue weighted by Gasteiger charge is -2.51. The van der Waals surface area contributed by atoms with Crippen LogP contribution in [0.3, 0.4) is 0 Å². The third-order valence-electron chi connectivity index (χ3n) is 9.83. The number of likely N-dealkylation sites (tertiary alicyclic amines) is 2. The van der Waals surface area contributed by atoms with Gasteiger partial charge < -0.3 is 40.1 Å². The number of anilines is 1. The molecule has 5 atom stereocenters. The van der Waals surface area contributed by atoms with Crippen molar-refractivity contribution in [2.45, 2.75) is 74.9 Å². The zero-order valence-electron chi connectivity index (χ0n) is 25.9. The maximum Gasteiger partial charge on any atom is 0.227 e. The fraction of sp³-hybridized carbons (Fsp3) is 0.656. The van der Waals surface area contributed by atoms with Gasteiger partial charge >= 0.3 is 0 Å². The molecule has 3 aliphatic heterocycles. The van der Waals surface area contributed by atoms with Crippen LogP contribution in [-0.2, 0) is 11.2 Å². The van der Waals surface area contributed by atoms with E-state index in [1.54, 1.807) is 29.4 Å². The van der Waals surface area contributed by atoms with Crippen molar-refractivity contribution in [3.63, 3.8) is 0 Å². The van der Waals surface area contributed by atoms with Crippen molar-refractivity contribution in [3.05, 3.63) is 47.0 Å². The molecule has 12 nitrogen and oxygen atoms in total. The number of nitrogens with zero attached hydrogens (tertiary/aromatic N) is 5. The van der Waals surface area contributed by atoms with Crippen LogP contribution in [0.5, 0.6) is 5.75 Å². The average molecular weight is 666 g/mol. The topological polar surface area (TPSA) is 163 Å². The number of hydrogen-bond donors (Lipinski definition) is 5. The van der Waals surface area contributed by atoms with Crippen molar-refractivity contribution in [1.82, 2.24) is 19.8 Å². The third-order valence-corrected chi connectivity index (χ3v) is 10.0. The minimum atomic E-state index is -1.68. The van der Waals surface area contributed by atoms with Crippen LogP contribution in [0.25, 0.3) is 0 Å². The summed E-state index contributed by atoms with van der Waals surface area (Å²) in [5.74, 6) is 1.06. The van der Waals surface area contributed by atoms with E-state index in [0.29, 0.717) is 60.9 Å². The molecule has 4 heterocycles. The zero-order valence-corrected chi connectivity index (χ0v) is 26.7. The molecule has 0 saturated carbocycles. The molecule has 3 aliphatic rings. The number of benzene rings is 1. The molecule has 1 unspecified atom stereocenters. The van der Waals surface area contributed by atoms with Gasteiger partial charge in [0.15, 0.2) is 0 Å². The number of aliphatic hydroxyl groups is 5. The van der Waals surface area contributed by atoms with E-state index in [-0.39, 0.29) is 24.4 Å². The van der Waals surface area contributed by atoms with Crippen molar-refractivity contribution in [2.75, 3.05) is 57.4 Å². The van der Waals surface area contributed by atoms with Crippen LogP contribution in [0.2, 0.25) is 5.02 Å². The quantitative estimate of drug-likeness (QED) is 0.183. The lowest BCUT2D eigenvalue weighted by atomic mass is 9.83. The molecule has 0 bridgehead atoms. The number of ether oxygens (including phenoxy) is 1. The number of carbonyl (C=O) groups is 1. The van der Waals surface area contributed by atoms with Gasteiger partial charge in [0.1, 0.15) is 29.9 Å². The molecule has 1 aromatic carbocycles. The smallest absolute Gasteiger partial charge is 0.227 e. The van der Waals surface area contributed by atoms with Crippen molar-refractivity contribution < 1.29 is 39.5 Å². The molecule has 254 valence electrons. The number of amides is 1. The van der Waals surface area contributed by atoms with Crippen LogP contribution >= 0.6 is 11.6 Å². The van der Waals surface area contributed by atoms with Gasteiger partial charge in [-0.25, -0.2) is 14.4 Å². The Bertz CT molecular complexity index is 1300. The maximum atomic E-state index is 15.0. The summed E-state index contributed by atoms with van der Waals surface area (Å²) < 4.78 is 20.8. The van der Waals surface area contributed by atoms with Crippen molar-refractivity contribution in [3.8, 4) is 5.75 Å². The number of β-amino-alcohol motifs (C(OH)–C–C–N with tert-alkyl or cyclic N) is 1. The molecule has 46 heavy (non-hydrogen) atoms. The van der Waals surface area contributed by atoms with E-state index in [9.17, 15) is 29.6 Å². The van der Waals surface area contributed by atoms with E-state index in [1.165, 1.54) is 6.07 Å². The minimum absolute atomic E-state index is 0.0491. The molecule has 14 heteroatoms. The molecule has 0 radical (unpaired) electrons. The zero-order chi connectivity index (χ0) is 32.8. The number of aliphatic hydroxyl groups excluding tert-OH is 5. The monoisotopic (exact) mass is 665 g/mol. The molecular weight excluding hydrogens is 621 g/mol. The van der Waals surface area contributed by atoms with Gasteiger partial charge in [-0.05, 0) is 56.1 Å². The molecule has 5 N–H and O–H groups in total. The van der Waals surface area contributed by atoms with Gasteiger partial charge in [0, 0.05) is 50.9 Å². The fourth-order valence-electron chi connectivity index (χ4n) is 6.79. The second-order valence-corrected chi connectivity index (χ2v) is 13.3. The molecule has 1 spiro atoms.